The van der Waals surface area contributed by atoms with Crippen LogP contribution >= 0.6 is 27.5 Å². The number of anilines is 1. The van der Waals surface area contributed by atoms with Crippen LogP contribution in [-0.2, 0) is 23.9 Å². The quantitative estimate of drug-likeness (QED) is 0.529. The molecular weight excluding hydrogens is 452 g/mol. The van der Waals surface area contributed by atoms with Gasteiger partial charge in [0.15, 0.2) is 6.61 Å². The average molecular weight is 470 g/mol. The number of rotatable bonds is 5. The Morgan fingerprint density at radius 3 is 2.43 bits per heavy atom. The zero-order valence-electron chi connectivity index (χ0n) is 14.8. The molecular formula is C19H18BrClN2O5. The summed E-state index contributed by atoms with van der Waals surface area (Å²) in [5.74, 6) is -1.89. The van der Waals surface area contributed by atoms with E-state index in [2.05, 4.69) is 21.2 Å². The molecule has 2 aliphatic carbocycles. The van der Waals surface area contributed by atoms with Crippen molar-refractivity contribution < 1.29 is 23.9 Å². The van der Waals surface area contributed by atoms with Crippen molar-refractivity contribution in [3.8, 4) is 0 Å². The van der Waals surface area contributed by atoms with Gasteiger partial charge in [-0.15, -0.1) is 0 Å². The third kappa shape index (κ3) is 3.43. The Morgan fingerprint density at radius 1 is 1.18 bits per heavy atom. The lowest BCUT2D eigenvalue weighted by Gasteiger charge is -2.19. The van der Waals surface area contributed by atoms with Crippen LogP contribution < -0.4 is 5.32 Å². The fraction of sp³-hybridized carbons (Fsp3) is 0.474. The van der Waals surface area contributed by atoms with E-state index >= 15 is 0 Å². The molecule has 9 heteroatoms. The molecule has 2 bridgehead atoms. The second kappa shape index (κ2) is 7.48. The van der Waals surface area contributed by atoms with Crippen LogP contribution in [0.1, 0.15) is 19.3 Å². The molecule has 2 saturated carbocycles. The summed E-state index contributed by atoms with van der Waals surface area (Å²) in [4.78, 5) is 50.1. The van der Waals surface area contributed by atoms with Crippen LogP contribution in [0.25, 0.3) is 0 Å². The first-order valence-electron chi connectivity index (χ1n) is 9.11. The normalized spacial score (nSPS) is 27.9. The van der Waals surface area contributed by atoms with Gasteiger partial charge in [0, 0.05) is 10.2 Å². The van der Waals surface area contributed by atoms with Gasteiger partial charge in [-0.2, -0.15) is 0 Å². The SMILES string of the molecule is O=C(COC(=O)CN1C(=O)[C@H]2[C@H]3CC[C@@H](C3)[C@@H]2C1=O)Nc1ccc(Br)c(Cl)c1. The second-order valence-corrected chi connectivity index (χ2v) is 8.75. The fourth-order valence-corrected chi connectivity index (χ4v) is 5.15. The van der Waals surface area contributed by atoms with Gasteiger partial charge in [-0.1, -0.05) is 11.6 Å². The van der Waals surface area contributed by atoms with Crippen LogP contribution in [0, 0.1) is 23.7 Å². The number of likely N-dealkylation sites (tertiary alicyclic amines) is 1. The Hall–Kier alpha value is -1.93. The highest BCUT2D eigenvalue weighted by Gasteiger charge is 2.61. The number of halogens is 2. The Balaban J connectivity index is 1.29. The molecule has 3 aliphatic rings. The molecule has 0 unspecified atom stereocenters. The van der Waals surface area contributed by atoms with Gasteiger partial charge in [0.05, 0.1) is 16.9 Å². The molecule has 1 aromatic rings. The van der Waals surface area contributed by atoms with Crippen LogP contribution in [0.15, 0.2) is 22.7 Å². The first-order valence-corrected chi connectivity index (χ1v) is 10.3. The van der Waals surface area contributed by atoms with Crippen LogP contribution in [0.3, 0.4) is 0 Å². The monoisotopic (exact) mass is 468 g/mol. The standard InChI is InChI=1S/C19H18BrClN2O5/c20-12-4-3-11(6-13(12)21)22-14(24)8-28-15(25)7-23-18(26)16-9-1-2-10(5-9)17(16)19(23)27/h3-4,6,9-10,16-17H,1-2,5,7-8H2,(H,22,24)/t9-,10-,16-,17-/m0/s1. The van der Waals surface area contributed by atoms with Gasteiger partial charge in [-0.25, -0.2) is 0 Å². The highest BCUT2D eigenvalue weighted by molar-refractivity contribution is 9.10. The van der Waals surface area contributed by atoms with Crippen LogP contribution in [0.2, 0.25) is 5.02 Å². The third-order valence-corrected chi connectivity index (χ3v) is 7.11. The molecule has 1 aromatic carbocycles. The van der Waals surface area contributed by atoms with Crippen molar-refractivity contribution in [2.24, 2.45) is 23.7 Å². The topological polar surface area (TPSA) is 92.8 Å². The molecule has 0 aromatic heterocycles. The molecule has 7 nitrogen and oxygen atoms in total. The van der Waals surface area contributed by atoms with Crippen molar-refractivity contribution in [3.63, 3.8) is 0 Å². The number of amides is 3. The molecule has 4 rings (SSSR count). The van der Waals surface area contributed by atoms with Crippen LogP contribution in [0.4, 0.5) is 5.69 Å². The van der Waals surface area contributed by atoms with E-state index in [-0.39, 0.29) is 35.5 Å². The lowest BCUT2D eigenvalue weighted by molar-refractivity contribution is -0.154. The summed E-state index contributed by atoms with van der Waals surface area (Å²) < 4.78 is 5.63. The highest BCUT2D eigenvalue weighted by atomic mass is 79.9. The fourth-order valence-electron chi connectivity index (χ4n) is 4.72. The average Bonchev–Trinajstić information content (AvgIpc) is 3.33. The smallest absolute Gasteiger partial charge is 0.326 e. The molecule has 1 N–H and O–H groups in total. The summed E-state index contributed by atoms with van der Waals surface area (Å²) >= 11 is 9.21. The number of carbonyl (C=O) groups excluding carboxylic acids is 4. The molecule has 28 heavy (non-hydrogen) atoms. The summed E-state index contributed by atoms with van der Waals surface area (Å²) in [6, 6.07) is 4.88. The highest BCUT2D eigenvalue weighted by Crippen LogP contribution is 2.56. The number of hydrogen-bond donors (Lipinski definition) is 1. The first kappa shape index (κ1) is 19.4. The van der Waals surface area contributed by atoms with E-state index in [0.29, 0.717) is 15.2 Å². The summed E-state index contributed by atoms with van der Waals surface area (Å²) in [5, 5.41) is 2.99. The molecule has 1 aliphatic heterocycles. The Bertz CT molecular complexity index is 848. The minimum Gasteiger partial charge on any atom is -0.454 e. The van der Waals surface area contributed by atoms with Gasteiger partial charge in [0.2, 0.25) is 11.8 Å². The zero-order chi connectivity index (χ0) is 20.0. The second-order valence-electron chi connectivity index (χ2n) is 7.49. The van der Waals surface area contributed by atoms with Crippen molar-refractivity contribution in [2.45, 2.75) is 19.3 Å². The minimum atomic E-state index is -0.780. The van der Waals surface area contributed by atoms with E-state index in [1.807, 2.05) is 0 Å². The number of nitrogens with one attached hydrogen (secondary N) is 1. The van der Waals surface area contributed by atoms with E-state index in [1.54, 1.807) is 18.2 Å². The number of fused-ring (bicyclic) bond motifs is 5. The van der Waals surface area contributed by atoms with Crippen molar-refractivity contribution in [1.29, 1.82) is 0 Å². The van der Waals surface area contributed by atoms with E-state index < -0.39 is 25.0 Å². The number of hydrogen-bond acceptors (Lipinski definition) is 5. The minimum absolute atomic E-state index is 0.260. The van der Waals surface area contributed by atoms with Gasteiger partial charge in [-0.05, 0) is 65.2 Å². The number of ether oxygens (including phenoxy) is 1. The largest absolute Gasteiger partial charge is 0.454 e. The lowest BCUT2D eigenvalue weighted by Crippen LogP contribution is -2.38. The number of imide groups is 1. The number of esters is 1. The van der Waals surface area contributed by atoms with E-state index in [4.69, 9.17) is 16.3 Å². The van der Waals surface area contributed by atoms with Gasteiger partial charge in [0.1, 0.15) is 6.54 Å². The van der Waals surface area contributed by atoms with Crippen molar-refractivity contribution >= 4 is 56.9 Å². The van der Waals surface area contributed by atoms with E-state index in [1.165, 1.54) is 0 Å². The maximum atomic E-state index is 12.6. The summed E-state index contributed by atoms with van der Waals surface area (Å²) in [5.41, 5.74) is 0.461. The van der Waals surface area contributed by atoms with Crippen molar-refractivity contribution in [3.05, 3.63) is 27.7 Å². The molecule has 1 heterocycles. The van der Waals surface area contributed by atoms with Crippen LogP contribution in [-0.4, -0.2) is 41.7 Å². The van der Waals surface area contributed by atoms with Crippen LogP contribution in [0.5, 0.6) is 0 Å². The molecule has 0 radical (unpaired) electrons. The predicted molar refractivity (Wildman–Crippen MR) is 103 cm³/mol. The van der Waals surface area contributed by atoms with Gasteiger partial charge in [-0.3, -0.25) is 24.1 Å². The molecule has 3 amide bonds. The Kier molecular flexibility index (Phi) is 5.18. The molecule has 4 atom stereocenters. The third-order valence-electron chi connectivity index (χ3n) is 5.87. The number of nitrogens with zero attached hydrogens (tertiary/aromatic N) is 1. The van der Waals surface area contributed by atoms with Crippen molar-refractivity contribution in [1.82, 2.24) is 4.90 Å². The van der Waals surface area contributed by atoms with E-state index in [0.717, 1.165) is 24.2 Å². The van der Waals surface area contributed by atoms with Gasteiger partial charge < -0.3 is 10.1 Å². The van der Waals surface area contributed by atoms with Crippen molar-refractivity contribution in [2.75, 3.05) is 18.5 Å². The van der Waals surface area contributed by atoms with E-state index in [9.17, 15) is 19.2 Å². The maximum Gasteiger partial charge on any atom is 0.326 e. The molecule has 148 valence electrons. The Labute approximate surface area is 174 Å². The van der Waals surface area contributed by atoms with Gasteiger partial charge >= 0.3 is 5.97 Å². The summed E-state index contributed by atoms with van der Waals surface area (Å²) in [7, 11) is 0. The molecule has 1 saturated heterocycles. The molecule has 0 spiro atoms. The summed E-state index contributed by atoms with van der Waals surface area (Å²) in [6.45, 7) is -0.956. The first-order chi connectivity index (χ1) is 13.3. The predicted octanol–water partition coefficient (Wildman–Crippen LogP) is 2.62. The molecule has 3 fully saturated rings. The Morgan fingerprint density at radius 2 is 1.82 bits per heavy atom. The number of benzene rings is 1. The maximum absolute atomic E-state index is 12.6. The van der Waals surface area contributed by atoms with Gasteiger partial charge in [0.25, 0.3) is 5.91 Å². The summed E-state index contributed by atoms with van der Waals surface area (Å²) in [6.07, 6.45) is 2.89. The zero-order valence-corrected chi connectivity index (χ0v) is 17.2. The lowest BCUT2D eigenvalue weighted by atomic mass is 9.81. The number of carbonyl (C=O) groups is 4.